The van der Waals surface area contributed by atoms with Gasteiger partial charge in [-0.2, -0.15) is 0 Å². The average molecular weight is 401 g/mol. The van der Waals surface area contributed by atoms with Crippen molar-refractivity contribution in [2.24, 2.45) is 5.92 Å². The summed E-state index contributed by atoms with van der Waals surface area (Å²) in [6, 6.07) is 12.4. The molecule has 1 aromatic heterocycles. The van der Waals surface area contributed by atoms with Gasteiger partial charge in [-0.05, 0) is 63.7 Å². The van der Waals surface area contributed by atoms with E-state index >= 15 is 0 Å². The predicted octanol–water partition coefficient (Wildman–Crippen LogP) is 4.13. The van der Waals surface area contributed by atoms with Gasteiger partial charge in [0.25, 0.3) is 0 Å². The van der Waals surface area contributed by atoms with E-state index in [2.05, 4.69) is 34.5 Å². The molecule has 1 aromatic carbocycles. The molecule has 1 N–H and O–H groups in total. The maximum absolute atomic E-state index is 12.5. The van der Waals surface area contributed by atoms with E-state index in [-0.39, 0.29) is 11.9 Å². The Morgan fingerprint density at radius 2 is 1.93 bits per heavy atom. The molecule has 0 bridgehead atoms. The van der Waals surface area contributed by atoms with E-state index in [4.69, 9.17) is 4.74 Å². The van der Waals surface area contributed by atoms with Crippen molar-refractivity contribution in [1.29, 1.82) is 0 Å². The van der Waals surface area contributed by atoms with Crippen LogP contribution in [0, 0.1) is 12.8 Å². The van der Waals surface area contributed by atoms with Gasteiger partial charge in [-0.1, -0.05) is 30.3 Å². The van der Waals surface area contributed by atoms with Crippen molar-refractivity contribution in [2.45, 2.75) is 33.1 Å². The fourth-order valence-corrected chi connectivity index (χ4v) is 4.55. The minimum atomic E-state index is -0.385. The highest BCUT2D eigenvalue weighted by atomic mass is 32.1. The van der Waals surface area contributed by atoms with Crippen LogP contribution < -0.4 is 5.32 Å². The van der Waals surface area contributed by atoms with Crippen LogP contribution >= 0.6 is 11.3 Å². The summed E-state index contributed by atoms with van der Waals surface area (Å²) in [5.41, 5.74) is 1.83. The van der Waals surface area contributed by atoms with Crippen molar-refractivity contribution in [2.75, 3.05) is 31.6 Å². The molecule has 1 fully saturated rings. The monoisotopic (exact) mass is 400 g/mol. The Kier molecular flexibility index (Phi) is 7.23. The van der Waals surface area contributed by atoms with Crippen molar-refractivity contribution in [3.8, 4) is 0 Å². The third-order valence-electron chi connectivity index (χ3n) is 5.05. The summed E-state index contributed by atoms with van der Waals surface area (Å²) in [4.78, 5) is 27.7. The van der Waals surface area contributed by atoms with Crippen LogP contribution in [-0.4, -0.2) is 43.0 Å². The Hall–Kier alpha value is -2.18. The van der Waals surface area contributed by atoms with Gasteiger partial charge in [0.1, 0.15) is 5.00 Å². The molecular weight excluding hydrogens is 372 g/mol. The predicted molar refractivity (Wildman–Crippen MR) is 113 cm³/mol. The minimum Gasteiger partial charge on any atom is -0.462 e. The van der Waals surface area contributed by atoms with E-state index in [0.29, 0.717) is 29.6 Å². The minimum absolute atomic E-state index is 0.0751. The molecule has 0 atom stereocenters. The third kappa shape index (κ3) is 5.66. The normalized spacial score (nSPS) is 15.4. The van der Waals surface area contributed by atoms with Gasteiger partial charge in [0, 0.05) is 4.88 Å². The van der Waals surface area contributed by atoms with Gasteiger partial charge >= 0.3 is 5.97 Å². The van der Waals surface area contributed by atoms with Crippen LogP contribution in [0.4, 0.5) is 5.00 Å². The van der Waals surface area contributed by atoms with Crippen LogP contribution in [0.2, 0.25) is 0 Å². The van der Waals surface area contributed by atoms with Gasteiger partial charge in [-0.25, -0.2) is 4.79 Å². The number of anilines is 1. The molecular formula is C22H28N2O3S. The fraction of sp³-hybridized carbons (Fsp3) is 0.455. The number of carbonyl (C=O) groups is 2. The molecule has 28 heavy (non-hydrogen) atoms. The maximum Gasteiger partial charge on any atom is 0.341 e. The van der Waals surface area contributed by atoms with Crippen molar-refractivity contribution in [1.82, 2.24) is 4.90 Å². The number of piperidine rings is 1. The third-order valence-corrected chi connectivity index (χ3v) is 6.01. The first-order valence-electron chi connectivity index (χ1n) is 9.88. The first kappa shape index (κ1) is 20.6. The zero-order valence-corrected chi connectivity index (χ0v) is 17.4. The number of amides is 1. The Bertz CT molecular complexity index is 795. The summed E-state index contributed by atoms with van der Waals surface area (Å²) < 4.78 is 5.08. The van der Waals surface area contributed by atoms with Gasteiger partial charge < -0.3 is 10.1 Å². The van der Waals surface area contributed by atoms with E-state index < -0.39 is 0 Å². The number of carbonyl (C=O) groups excluding carboxylic acids is 2. The van der Waals surface area contributed by atoms with Crippen molar-refractivity contribution < 1.29 is 14.3 Å². The van der Waals surface area contributed by atoms with E-state index in [1.165, 1.54) is 16.9 Å². The number of nitrogens with one attached hydrogen (secondary N) is 1. The van der Waals surface area contributed by atoms with Crippen LogP contribution in [0.5, 0.6) is 0 Å². The second-order valence-electron chi connectivity index (χ2n) is 7.28. The van der Waals surface area contributed by atoms with Crippen LogP contribution in [-0.2, 0) is 16.0 Å². The standard InChI is InChI=1S/C22H28N2O3S/c1-3-27-22(26)19-13-16(2)28-21(19)23-20(25)15-24-11-9-18(10-12-24)14-17-7-5-4-6-8-17/h4-8,13,18H,3,9-12,14-15H2,1-2H3,(H,23,25). The van der Waals surface area contributed by atoms with Gasteiger partial charge in [0.15, 0.2) is 0 Å². The summed E-state index contributed by atoms with van der Waals surface area (Å²) in [6.45, 7) is 6.23. The molecule has 5 nitrogen and oxygen atoms in total. The second kappa shape index (κ2) is 9.85. The van der Waals surface area contributed by atoms with Gasteiger partial charge in [-0.3, -0.25) is 9.69 Å². The van der Waals surface area contributed by atoms with Crippen LogP contribution in [0.1, 0.15) is 40.6 Å². The van der Waals surface area contributed by atoms with Gasteiger partial charge in [-0.15, -0.1) is 11.3 Å². The van der Waals surface area contributed by atoms with Crippen LogP contribution in [0.3, 0.4) is 0 Å². The Morgan fingerprint density at radius 3 is 2.61 bits per heavy atom. The van der Waals surface area contributed by atoms with Crippen LogP contribution in [0.15, 0.2) is 36.4 Å². The lowest BCUT2D eigenvalue weighted by molar-refractivity contribution is -0.117. The fourth-order valence-electron chi connectivity index (χ4n) is 3.63. The molecule has 150 valence electrons. The van der Waals surface area contributed by atoms with Crippen molar-refractivity contribution >= 4 is 28.2 Å². The zero-order valence-electron chi connectivity index (χ0n) is 16.6. The van der Waals surface area contributed by atoms with Gasteiger partial charge in [0.2, 0.25) is 5.91 Å². The SMILES string of the molecule is CCOC(=O)c1cc(C)sc1NC(=O)CN1CCC(Cc2ccccc2)CC1. The Balaban J connectivity index is 1.48. The summed E-state index contributed by atoms with van der Waals surface area (Å²) in [7, 11) is 0. The van der Waals surface area contributed by atoms with E-state index in [1.807, 2.05) is 13.0 Å². The number of likely N-dealkylation sites (tertiary alicyclic amines) is 1. The molecule has 1 amide bonds. The number of aryl methyl sites for hydroxylation is 1. The molecule has 0 unspecified atom stereocenters. The quantitative estimate of drug-likeness (QED) is 0.710. The maximum atomic E-state index is 12.5. The number of nitrogens with zero attached hydrogens (tertiary/aromatic N) is 1. The van der Waals surface area contributed by atoms with E-state index in [9.17, 15) is 9.59 Å². The van der Waals surface area contributed by atoms with Gasteiger partial charge in [0.05, 0.1) is 18.7 Å². The molecule has 6 heteroatoms. The Labute approximate surface area is 170 Å². The molecule has 1 saturated heterocycles. The molecule has 3 rings (SSSR count). The highest BCUT2D eigenvalue weighted by molar-refractivity contribution is 7.16. The number of benzene rings is 1. The molecule has 2 aromatic rings. The van der Waals surface area contributed by atoms with Crippen LogP contribution in [0.25, 0.3) is 0 Å². The molecule has 0 saturated carbocycles. The number of thiophene rings is 1. The summed E-state index contributed by atoms with van der Waals surface area (Å²) in [5, 5.41) is 3.49. The first-order valence-corrected chi connectivity index (χ1v) is 10.7. The topological polar surface area (TPSA) is 58.6 Å². The average Bonchev–Trinajstić information content (AvgIpc) is 3.04. The lowest BCUT2D eigenvalue weighted by Gasteiger charge is -2.31. The number of rotatable bonds is 7. The number of hydrogen-bond donors (Lipinski definition) is 1. The summed E-state index contributed by atoms with van der Waals surface area (Å²) in [5.74, 6) is 0.217. The van der Waals surface area contributed by atoms with E-state index in [1.54, 1.807) is 13.0 Å². The lowest BCUT2D eigenvalue weighted by atomic mass is 9.90. The first-order chi connectivity index (χ1) is 13.5. The largest absolute Gasteiger partial charge is 0.462 e. The highest BCUT2D eigenvalue weighted by Gasteiger charge is 2.23. The Morgan fingerprint density at radius 1 is 1.21 bits per heavy atom. The second-order valence-corrected chi connectivity index (χ2v) is 8.53. The lowest BCUT2D eigenvalue weighted by Crippen LogP contribution is -2.39. The van der Waals surface area contributed by atoms with Crippen molar-refractivity contribution in [3.05, 3.63) is 52.4 Å². The molecule has 1 aliphatic heterocycles. The molecule has 2 heterocycles. The smallest absolute Gasteiger partial charge is 0.341 e. The van der Waals surface area contributed by atoms with E-state index in [0.717, 1.165) is 37.2 Å². The molecule has 0 radical (unpaired) electrons. The number of hydrogen-bond acceptors (Lipinski definition) is 5. The number of esters is 1. The van der Waals surface area contributed by atoms with Crippen molar-refractivity contribution in [3.63, 3.8) is 0 Å². The molecule has 0 spiro atoms. The molecule has 1 aliphatic rings. The summed E-state index contributed by atoms with van der Waals surface area (Å²) >= 11 is 1.41. The number of ether oxygens (including phenoxy) is 1. The molecule has 0 aliphatic carbocycles. The highest BCUT2D eigenvalue weighted by Crippen LogP contribution is 2.28. The zero-order chi connectivity index (χ0) is 19.9. The summed E-state index contributed by atoms with van der Waals surface area (Å²) in [6.07, 6.45) is 3.32.